The van der Waals surface area contributed by atoms with Crippen molar-refractivity contribution in [3.63, 3.8) is 0 Å². The number of aliphatic hydroxyl groups is 1. The van der Waals surface area contributed by atoms with Gasteiger partial charge in [0, 0.05) is 13.1 Å². The fourth-order valence-corrected chi connectivity index (χ4v) is 2.61. The molecule has 3 fully saturated rings. The summed E-state index contributed by atoms with van der Waals surface area (Å²) in [6.45, 7) is 1.82. The van der Waals surface area contributed by atoms with E-state index in [2.05, 4.69) is 4.98 Å². The van der Waals surface area contributed by atoms with Gasteiger partial charge in [0.15, 0.2) is 4.98 Å². The zero-order chi connectivity index (χ0) is 9.97. The van der Waals surface area contributed by atoms with Crippen LogP contribution < -0.4 is 0 Å². The molecule has 76 valence electrons. The Morgan fingerprint density at radius 2 is 1.71 bits per heavy atom. The van der Waals surface area contributed by atoms with Gasteiger partial charge in [-0.25, -0.2) is 0 Å². The molecule has 0 aromatic heterocycles. The van der Waals surface area contributed by atoms with Crippen LogP contribution in [-0.4, -0.2) is 23.1 Å². The van der Waals surface area contributed by atoms with Crippen LogP contribution in [-0.2, 0) is 0 Å². The molecule has 0 spiro atoms. The quantitative estimate of drug-likeness (QED) is 0.515. The smallest absolute Gasteiger partial charge is 0.409 e. The lowest BCUT2D eigenvalue weighted by Gasteiger charge is -2.20. The SMILES string of the molecule is N#[N+]/C=C(\O)N1CC2CCC(CC2)C1. The molecule has 2 bridgehead atoms. The number of nitrogens with zero attached hydrogens (tertiary/aromatic N) is 3. The number of hydrogen-bond donors (Lipinski definition) is 1. The third-order valence-electron chi connectivity index (χ3n) is 3.42. The highest BCUT2D eigenvalue weighted by Crippen LogP contribution is 2.34. The average Bonchev–Trinajstić information content (AvgIpc) is 2.50. The van der Waals surface area contributed by atoms with Crippen LogP contribution in [0.1, 0.15) is 25.7 Å². The van der Waals surface area contributed by atoms with Crippen molar-refractivity contribution in [2.75, 3.05) is 13.1 Å². The molecular weight excluding hydrogens is 178 g/mol. The molecule has 2 aliphatic heterocycles. The Morgan fingerprint density at radius 1 is 1.21 bits per heavy atom. The summed E-state index contributed by atoms with van der Waals surface area (Å²) in [6.07, 6.45) is 6.25. The van der Waals surface area contributed by atoms with Gasteiger partial charge in [-0.15, -0.1) is 0 Å². The van der Waals surface area contributed by atoms with Crippen molar-refractivity contribution >= 4 is 0 Å². The minimum atomic E-state index is 0.103. The van der Waals surface area contributed by atoms with E-state index in [-0.39, 0.29) is 5.88 Å². The first-order chi connectivity index (χ1) is 6.79. The number of fused-ring (bicyclic) bond motifs is 4. The predicted molar refractivity (Wildman–Crippen MR) is 52.8 cm³/mol. The second-order valence-electron chi connectivity index (χ2n) is 4.39. The van der Waals surface area contributed by atoms with Crippen molar-refractivity contribution in [1.29, 1.82) is 5.39 Å². The molecule has 4 heteroatoms. The van der Waals surface area contributed by atoms with Crippen LogP contribution in [0.4, 0.5) is 0 Å². The number of aliphatic hydroxyl groups excluding tert-OH is 1. The topological polar surface area (TPSA) is 51.6 Å². The summed E-state index contributed by atoms with van der Waals surface area (Å²) in [5, 5.41) is 17.9. The summed E-state index contributed by atoms with van der Waals surface area (Å²) in [5.74, 6) is 1.53. The van der Waals surface area contributed by atoms with Crippen molar-refractivity contribution in [2.24, 2.45) is 11.8 Å². The van der Waals surface area contributed by atoms with Crippen LogP contribution in [0.25, 0.3) is 4.98 Å². The van der Waals surface area contributed by atoms with E-state index in [4.69, 9.17) is 5.39 Å². The van der Waals surface area contributed by atoms with E-state index in [0.29, 0.717) is 11.8 Å². The summed E-state index contributed by atoms with van der Waals surface area (Å²) >= 11 is 0. The maximum Gasteiger partial charge on any atom is 0.409 e. The molecule has 2 heterocycles. The lowest BCUT2D eigenvalue weighted by atomic mass is 9.84. The zero-order valence-electron chi connectivity index (χ0n) is 8.26. The van der Waals surface area contributed by atoms with Crippen LogP contribution in [0.15, 0.2) is 12.1 Å². The van der Waals surface area contributed by atoms with Crippen LogP contribution in [0, 0.1) is 17.2 Å². The third-order valence-corrected chi connectivity index (χ3v) is 3.42. The molecule has 4 nitrogen and oxygen atoms in total. The van der Waals surface area contributed by atoms with E-state index in [1.807, 2.05) is 4.90 Å². The minimum Gasteiger partial charge on any atom is -0.489 e. The maximum absolute atomic E-state index is 9.60. The van der Waals surface area contributed by atoms with Crippen molar-refractivity contribution < 1.29 is 5.11 Å². The summed E-state index contributed by atoms with van der Waals surface area (Å²) in [4.78, 5) is 4.80. The van der Waals surface area contributed by atoms with E-state index in [0.717, 1.165) is 19.3 Å². The predicted octanol–water partition coefficient (Wildman–Crippen LogP) is 2.32. The van der Waals surface area contributed by atoms with Gasteiger partial charge in [0.2, 0.25) is 5.39 Å². The molecule has 0 amide bonds. The highest BCUT2D eigenvalue weighted by Gasteiger charge is 2.31. The second-order valence-corrected chi connectivity index (χ2v) is 4.39. The van der Waals surface area contributed by atoms with Gasteiger partial charge in [-0.2, -0.15) is 0 Å². The van der Waals surface area contributed by atoms with Crippen LogP contribution in [0.5, 0.6) is 0 Å². The molecule has 0 atom stereocenters. The fraction of sp³-hybridized carbons (Fsp3) is 0.800. The Kier molecular flexibility index (Phi) is 2.58. The first kappa shape index (κ1) is 9.32. The Bertz CT molecular complexity index is 260. The van der Waals surface area contributed by atoms with E-state index < -0.39 is 0 Å². The van der Waals surface area contributed by atoms with Gasteiger partial charge in [0.1, 0.15) is 0 Å². The van der Waals surface area contributed by atoms with Crippen molar-refractivity contribution in [1.82, 2.24) is 4.90 Å². The molecule has 1 N–H and O–H groups in total. The summed E-state index contributed by atoms with van der Waals surface area (Å²) in [5.41, 5.74) is 0. The van der Waals surface area contributed by atoms with E-state index in [9.17, 15) is 5.11 Å². The normalized spacial score (nSPS) is 32.5. The Hall–Kier alpha value is -1.24. The van der Waals surface area contributed by atoms with Gasteiger partial charge in [-0.3, -0.25) is 0 Å². The molecule has 0 unspecified atom stereocenters. The molecule has 3 aliphatic rings. The third kappa shape index (κ3) is 1.82. The molecule has 14 heavy (non-hydrogen) atoms. The molecule has 1 aliphatic carbocycles. The van der Waals surface area contributed by atoms with Gasteiger partial charge in [0.05, 0.1) is 0 Å². The van der Waals surface area contributed by atoms with E-state index >= 15 is 0 Å². The summed E-state index contributed by atoms with van der Waals surface area (Å²) in [7, 11) is 0. The van der Waals surface area contributed by atoms with Gasteiger partial charge < -0.3 is 10.0 Å². The minimum absolute atomic E-state index is 0.103. The molecule has 0 aromatic carbocycles. The summed E-state index contributed by atoms with van der Waals surface area (Å²) < 4.78 is 0. The summed E-state index contributed by atoms with van der Waals surface area (Å²) in [6, 6.07) is 0. The highest BCUT2D eigenvalue weighted by atomic mass is 16.3. The largest absolute Gasteiger partial charge is 0.489 e. The molecule has 2 saturated heterocycles. The highest BCUT2D eigenvalue weighted by molar-refractivity contribution is 4.98. The van der Waals surface area contributed by atoms with Crippen LogP contribution >= 0.6 is 0 Å². The van der Waals surface area contributed by atoms with Gasteiger partial charge in [-0.05, 0) is 37.5 Å². The Labute approximate surface area is 83.8 Å². The van der Waals surface area contributed by atoms with E-state index in [1.165, 1.54) is 25.7 Å². The van der Waals surface area contributed by atoms with E-state index in [1.54, 1.807) is 0 Å². The van der Waals surface area contributed by atoms with Crippen LogP contribution in [0.3, 0.4) is 0 Å². The van der Waals surface area contributed by atoms with Gasteiger partial charge >= 0.3 is 6.20 Å². The first-order valence-corrected chi connectivity index (χ1v) is 5.28. The second kappa shape index (κ2) is 3.87. The number of diazo groups is 1. The molecule has 0 radical (unpaired) electrons. The molecule has 1 saturated carbocycles. The number of hydrogen-bond acceptors (Lipinski definition) is 3. The van der Waals surface area contributed by atoms with Crippen LogP contribution in [0.2, 0.25) is 0 Å². The average molecular weight is 194 g/mol. The van der Waals surface area contributed by atoms with Gasteiger partial charge in [-0.1, -0.05) is 0 Å². The van der Waals surface area contributed by atoms with Crippen molar-refractivity contribution in [3.05, 3.63) is 17.1 Å². The molecular formula is C10H16N3O+. The lowest BCUT2D eigenvalue weighted by molar-refractivity contribution is 0.188. The molecule has 0 aromatic rings. The zero-order valence-corrected chi connectivity index (χ0v) is 8.26. The Morgan fingerprint density at radius 3 is 2.14 bits per heavy atom. The first-order valence-electron chi connectivity index (χ1n) is 5.28. The fourth-order valence-electron chi connectivity index (χ4n) is 2.61. The van der Waals surface area contributed by atoms with Crippen molar-refractivity contribution in [2.45, 2.75) is 25.7 Å². The van der Waals surface area contributed by atoms with Gasteiger partial charge in [0.25, 0.3) is 5.88 Å². The number of rotatable bonds is 1. The molecule has 3 rings (SSSR count). The standard InChI is InChI=1S/C10H15N3O/c11-12-5-10(14)13-6-8-1-2-9(7-13)4-3-8/h5,8-9H,1-4,6-7H2/p+1/b10-5-. The monoisotopic (exact) mass is 194 g/mol. The lowest BCUT2D eigenvalue weighted by Crippen LogP contribution is -2.27. The maximum atomic E-state index is 9.60. The Balaban J connectivity index is 2.08. The van der Waals surface area contributed by atoms with Crippen molar-refractivity contribution in [3.8, 4) is 0 Å².